The van der Waals surface area contributed by atoms with Gasteiger partial charge < -0.3 is 4.57 Å². The third kappa shape index (κ3) is 3.70. The molecule has 1 saturated heterocycles. The first-order valence-electron chi connectivity index (χ1n) is 9.55. The molecule has 1 fully saturated rings. The van der Waals surface area contributed by atoms with Gasteiger partial charge in [-0.25, -0.2) is 9.69 Å². The van der Waals surface area contributed by atoms with Crippen molar-refractivity contribution in [3.8, 4) is 5.69 Å². The number of nitrogens with zero attached hydrogens (tertiary/aromatic N) is 3. The number of imide groups is 2. The van der Waals surface area contributed by atoms with Crippen LogP contribution in [0.5, 0.6) is 0 Å². The van der Waals surface area contributed by atoms with E-state index in [9.17, 15) is 14.4 Å². The number of benzene rings is 1. The number of hydrogen-bond donors (Lipinski definition) is 1. The number of aromatic nitrogens is 2. The number of urea groups is 1. The van der Waals surface area contributed by atoms with Crippen molar-refractivity contribution in [2.24, 2.45) is 0 Å². The fourth-order valence-corrected chi connectivity index (χ4v) is 3.89. The summed E-state index contributed by atoms with van der Waals surface area (Å²) in [6.45, 7) is 5.90. The second kappa shape index (κ2) is 7.96. The normalized spacial score (nSPS) is 15.5. The minimum Gasteiger partial charge on any atom is -0.318 e. The zero-order valence-corrected chi connectivity index (χ0v) is 18.7. The van der Waals surface area contributed by atoms with Gasteiger partial charge in [0.1, 0.15) is 5.57 Å². The quantitative estimate of drug-likeness (QED) is 0.450. The number of anilines is 1. The highest BCUT2D eigenvalue weighted by Gasteiger charge is 2.37. The summed E-state index contributed by atoms with van der Waals surface area (Å²) in [5.74, 6) is -1.39. The van der Waals surface area contributed by atoms with Gasteiger partial charge in [-0.1, -0.05) is 15.9 Å². The van der Waals surface area contributed by atoms with Crippen LogP contribution in [0.1, 0.15) is 22.5 Å². The van der Waals surface area contributed by atoms with Crippen molar-refractivity contribution >= 4 is 45.5 Å². The molecule has 0 unspecified atom stereocenters. The smallest absolute Gasteiger partial charge is 0.318 e. The Balaban J connectivity index is 1.77. The molecule has 0 saturated carbocycles. The summed E-state index contributed by atoms with van der Waals surface area (Å²) >= 11 is 3.52. The SMILES string of the molecule is Cc1cc(-n2c(C)cc(/C=C3\C(=O)NC(=O)N(c4ccncc4)C3=O)c2C)ccc1Br. The van der Waals surface area contributed by atoms with Crippen molar-refractivity contribution in [2.45, 2.75) is 20.8 Å². The van der Waals surface area contributed by atoms with Gasteiger partial charge in [-0.3, -0.25) is 19.9 Å². The predicted octanol–water partition coefficient (Wildman–Crippen LogP) is 4.23. The predicted molar refractivity (Wildman–Crippen MR) is 121 cm³/mol. The maximum absolute atomic E-state index is 13.0. The Hall–Kier alpha value is -3.52. The van der Waals surface area contributed by atoms with Crippen LogP contribution in [0.3, 0.4) is 0 Å². The molecule has 4 rings (SSSR count). The maximum atomic E-state index is 13.0. The lowest BCUT2D eigenvalue weighted by atomic mass is 10.1. The number of aryl methyl sites for hydroxylation is 2. The highest BCUT2D eigenvalue weighted by atomic mass is 79.9. The van der Waals surface area contributed by atoms with Gasteiger partial charge in [0.2, 0.25) is 0 Å². The molecule has 8 heteroatoms. The van der Waals surface area contributed by atoms with Gasteiger partial charge in [-0.2, -0.15) is 0 Å². The summed E-state index contributed by atoms with van der Waals surface area (Å²) in [6, 6.07) is 10.2. The topological polar surface area (TPSA) is 84.3 Å². The first-order chi connectivity index (χ1) is 14.8. The van der Waals surface area contributed by atoms with Gasteiger partial charge in [0.15, 0.2) is 0 Å². The lowest BCUT2D eigenvalue weighted by molar-refractivity contribution is -0.122. The monoisotopic (exact) mass is 478 g/mol. The van der Waals surface area contributed by atoms with Gasteiger partial charge in [-0.05, 0) is 74.4 Å². The molecule has 7 nitrogen and oxygen atoms in total. The van der Waals surface area contributed by atoms with Gasteiger partial charge in [0, 0.05) is 33.9 Å². The van der Waals surface area contributed by atoms with Crippen LogP contribution in [0.25, 0.3) is 11.8 Å². The van der Waals surface area contributed by atoms with Crippen molar-refractivity contribution in [1.82, 2.24) is 14.9 Å². The van der Waals surface area contributed by atoms with Crippen LogP contribution in [-0.4, -0.2) is 27.4 Å². The lowest BCUT2D eigenvalue weighted by Crippen LogP contribution is -2.54. The molecule has 0 bridgehead atoms. The highest BCUT2D eigenvalue weighted by molar-refractivity contribution is 9.10. The number of amides is 4. The number of rotatable bonds is 3. The number of nitrogens with one attached hydrogen (secondary N) is 1. The third-order valence-electron chi connectivity index (χ3n) is 5.19. The van der Waals surface area contributed by atoms with Crippen LogP contribution in [0.15, 0.2) is 58.8 Å². The van der Waals surface area contributed by atoms with Gasteiger partial charge >= 0.3 is 6.03 Å². The van der Waals surface area contributed by atoms with Crippen LogP contribution in [-0.2, 0) is 9.59 Å². The Labute approximate surface area is 187 Å². The van der Waals surface area contributed by atoms with E-state index in [1.54, 1.807) is 0 Å². The Morgan fingerprint density at radius 2 is 1.68 bits per heavy atom. The molecular weight excluding hydrogens is 460 g/mol. The second-order valence-corrected chi connectivity index (χ2v) is 8.11. The van der Waals surface area contributed by atoms with E-state index in [0.717, 1.165) is 37.6 Å². The minimum absolute atomic E-state index is 0.108. The molecule has 156 valence electrons. The number of hydrogen-bond acceptors (Lipinski definition) is 4. The Bertz CT molecular complexity index is 1260. The van der Waals surface area contributed by atoms with E-state index in [-0.39, 0.29) is 5.57 Å². The molecular formula is C23H19BrN4O3. The summed E-state index contributed by atoms with van der Waals surface area (Å²) in [6.07, 6.45) is 4.48. The lowest BCUT2D eigenvalue weighted by Gasteiger charge is -2.26. The molecule has 0 atom stereocenters. The van der Waals surface area contributed by atoms with Crippen molar-refractivity contribution in [2.75, 3.05) is 4.90 Å². The van der Waals surface area contributed by atoms with Gasteiger partial charge in [-0.15, -0.1) is 0 Å². The fraction of sp³-hybridized carbons (Fsp3) is 0.130. The number of carbonyl (C=O) groups is 3. The van der Waals surface area contributed by atoms with Crippen molar-refractivity contribution in [3.63, 3.8) is 0 Å². The average Bonchev–Trinajstić information content (AvgIpc) is 3.01. The molecule has 0 radical (unpaired) electrons. The standard InChI is InChI=1S/C23H19BrN4O3/c1-13-10-18(4-5-20(13)24)27-14(2)11-16(15(27)3)12-19-21(29)26-23(31)28(22(19)30)17-6-8-25-9-7-17/h4-12H,1-3H3,(H,26,29,31)/b19-12+. The summed E-state index contributed by atoms with van der Waals surface area (Å²) < 4.78 is 3.08. The molecule has 3 heterocycles. The molecule has 0 aliphatic carbocycles. The number of barbiturate groups is 1. The van der Waals surface area contributed by atoms with E-state index in [1.165, 1.54) is 30.6 Å². The highest BCUT2D eigenvalue weighted by Crippen LogP contribution is 2.27. The second-order valence-electron chi connectivity index (χ2n) is 7.26. The van der Waals surface area contributed by atoms with Gasteiger partial charge in [0.05, 0.1) is 5.69 Å². The molecule has 4 amide bonds. The van der Waals surface area contributed by atoms with E-state index in [1.807, 2.05) is 39.0 Å². The third-order valence-corrected chi connectivity index (χ3v) is 6.08. The summed E-state index contributed by atoms with van der Waals surface area (Å²) in [5.41, 5.74) is 4.86. The Morgan fingerprint density at radius 3 is 2.35 bits per heavy atom. The van der Waals surface area contributed by atoms with E-state index in [0.29, 0.717) is 5.69 Å². The molecule has 3 aromatic rings. The largest absolute Gasteiger partial charge is 0.335 e. The zero-order valence-electron chi connectivity index (χ0n) is 17.1. The molecule has 1 N–H and O–H groups in total. The van der Waals surface area contributed by atoms with E-state index in [2.05, 4.69) is 36.9 Å². The molecule has 1 aromatic carbocycles. The number of pyridine rings is 1. The van der Waals surface area contributed by atoms with Crippen LogP contribution in [0.2, 0.25) is 0 Å². The van der Waals surface area contributed by atoms with Crippen molar-refractivity contribution < 1.29 is 14.4 Å². The first kappa shape index (κ1) is 20.7. The molecule has 0 spiro atoms. The van der Waals surface area contributed by atoms with E-state index in [4.69, 9.17) is 0 Å². The molecule has 2 aromatic heterocycles. The van der Waals surface area contributed by atoms with Crippen molar-refractivity contribution in [3.05, 3.63) is 81.4 Å². The Kier molecular flexibility index (Phi) is 5.32. The summed E-state index contributed by atoms with van der Waals surface area (Å²) in [5, 5.41) is 2.24. The van der Waals surface area contributed by atoms with E-state index >= 15 is 0 Å². The Morgan fingerprint density at radius 1 is 0.968 bits per heavy atom. The average molecular weight is 479 g/mol. The van der Waals surface area contributed by atoms with Crippen molar-refractivity contribution in [1.29, 1.82) is 0 Å². The van der Waals surface area contributed by atoms with E-state index < -0.39 is 17.8 Å². The fourth-order valence-electron chi connectivity index (χ4n) is 3.64. The zero-order chi connectivity index (χ0) is 22.3. The number of carbonyl (C=O) groups excluding carboxylic acids is 3. The molecule has 1 aliphatic heterocycles. The van der Waals surface area contributed by atoms with Crippen LogP contribution < -0.4 is 10.2 Å². The van der Waals surface area contributed by atoms with Crippen LogP contribution in [0, 0.1) is 20.8 Å². The summed E-state index contributed by atoms with van der Waals surface area (Å²) in [4.78, 5) is 42.7. The van der Waals surface area contributed by atoms with Gasteiger partial charge in [0.25, 0.3) is 11.8 Å². The van der Waals surface area contributed by atoms with Crippen LogP contribution in [0.4, 0.5) is 10.5 Å². The summed E-state index contributed by atoms with van der Waals surface area (Å²) in [7, 11) is 0. The maximum Gasteiger partial charge on any atom is 0.335 e. The molecule has 1 aliphatic rings. The first-order valence-corrected chi connectivity index (χ1v) is 10.3. The number of halogens is 1. The molecule has 31 heavy (non-hydrogen) atoms. The van der Waals surface area contributed by atoms with Crippen LogP contribution >= 0.6 is 15.9 Å². The minimum atomic E-state index is -0.783.